The SMILES string of the molecule is COC1CCC(N2CC(=O)Nc3ncc(-c4cc(F)c(-c5nc[nH]n5)cc4C)nc32)CC1. The van der Waals surface area contributed by atoms with E-state index >= 15 is 0 Å². The van der Waals surface area contributed by atoms with E-state index in [1.165, 1.54) is 12.4 Å². The second-order valence-electron chi connectivity index (χ2n) is 8.24. The highest BCUT2D eigenvalue weighted by Gasteiger charge is 2.33. The number of benzene rings is 1. The second kappa shape index (κ2) is 8.27. The average molecular weight is 437 g/mol. The Balaban J connectivity index is 1.50. The van der Waals surface area contributed by atoms with Crippen LogP contribution >= 0.6 is 0 Å². The van der Waals surface area contributed by atoms with Crippen molar-refractivity contribution < 1.29 is 13.9 Å². The number of carbonyl (C=O) groups is 1. The highest BCUT2D eigenvalue weighted by atomic mass is 19.1. The van der Waals surface area contributed by atoms with Crippen LogP contribution in [0.25, 0.3) is 22.6 Å². The number of ether oxygens (including phenoxy) is 1. The van der Waals surface area contributed by atoms with Gasteiger partial charge in [0.15, 0.2) is 17.5 Å². The van der Waals surface area contributed by atoms with Gasteiger partial charge in [-0.15, -0.1) is 0 Å². The van der Waals surface area contributed by atoms with Crippen LogP contribution in [0.3, 0.4) is 0 Å². The molecule has 1 saturated carbocycles. The van der Waals surface area contributed by atoms with Crippen molar-refractivity contribution in [1.82, 2.24) is 25.1 Å². The molecule has 3 aromatic rings. The Morgan fingerprint density at radius 1 is 1.16 bits per heavy atom. The van der Waals surface area contributed by atoms with Gasteiger partial charge >= 0.3 is 0 Å². The average Bonchev–Trinajstić information content (AvgIpc) is 3.34. The number of rotatable bonds is 4. The molecule has 0 unspecified atom stereocenters. The monoisotopic (exact) mass is 437 g/mol. The summed E-state index contributed by atoms with van der Waals surface area (Å²) in [4.78, 5) is 27.6. The van der Waals surface area contributed by atoms with E-state index in [-0.39, 0.29) is 24.6 Å². The van der Waals surface area contributed by atoms with Gasteiger partial charge < -0.3 is 15.0 Å². The van der Waals surface area contributed by atoms with Gasteiger partial charge in [-0.05, 0) is 50.3 Å². The maximum Gasteiger partial charge on any atom is 0.245 e. The summed E-state index contributed by atoms with van der Waals surface area (Å²) in [5.41, 5.74) is 2.33. The first-order chi connectivity index (χ1) is 15.5. The van der Waals surface area contributed by atoms with Gasteiger partial charge in [0.05, 0.1) is 30.1 Å². The van der Waals surface area contributed by atoms with Crippen molar-refractivity contribution >= 4 is 17.5 Å². The van der Waals surface area contributed by atoms with Crippen LogP contribution in [0.1, 0.15) is 31.2 Å². The van der Waals surface area contributed by atoms with Crippen molar-refractivity contribution in [2.45, 2.75) is 44.8 Å². The Kier molecular flexibility index (Phi) is 5.30. The molecule has 0 saturated heterocycles. The van der Waals surface area contributed by atoms with E-state index in [0.717, 1.165) is 31.2 Å². The lowest BCUT2D eigenvalue weighted by molar-refractivity contribution is -0.115. The molecule has 1 fully saturated rings. The quantitative estimate of drug-likeness (QED) is 0.646. The Labute approximate surface area is 184 Å². The largest absolute Gasteiger partial charge is 0.381 e. The lowest BCUT2D eigenvalue weighted by Gasteiger charge is -2.39. The zero-order valence-electron chi connectivity index (χ0n) is 17.9. The molecule has 1 aliphatic carbocycles. The molecule has 2 aliphatic rings. The van der Waals surface area contributed by atoms with Gasteiger partial charge in [0.25, 0.3) is 0 Å². The normalized spacial score (nSPS) is 20.7. The number of aromatic nitrogens is 5. The van der Waals surface area contributed by atoms with Crippen LogP contribution in [-0.4, -0.2) is 56.9 Å². The number of halogens is 1. The molecule has 10 heteroatoms. The third-order valence-corrected chi connectivity index (χ3v) is 6.26. The van der Waals surface area contributed by atoms with Crippen LogP contribution in [0.5, 0.6) is 0 Å². The molecule has 166 valence electrons. The van der Waals surface area contributed by atoms with Gasteiger partial charge in [-0.2, -0.15) is 5.10 Å². The van der Waals surface area contributed by atoms with E-state index in [0.29, 0.717) is 34.3 Å². The zero-order valence-corrected chi connectivity index (χ0v) is 17.9. The smallest absolute Gasteiger partial charge is 0.245 e. The van der Waals surface area contributed by atoms with Crippen LogP contribution in [0.15, 0.2) is 24.7 Å². The van der Waals surface area contributed by atoms with Crippen molar-refractivity contribution in [2.75, 3.05) is 23.9 Å². The number of hydrogen-bond donors (Lipinski definition) is 2. The molecule has 5 rings (SSSR count). The molecule has 2 N–H and O–H groups in total. The first-order valence-electron chi connectivity index (χ1n) is 10.7. The number of fused-ring (bicyclic) bond motifs is 1. The van der Waals surface area contributed by atoms with E-state index in [9.17, 15) is 9.18 Å². The molecule has 32 heavy (non-hydrogen) atoms. The molecule has 3 heterocycles. The minimum atomic E-state index is -0.437. The number of anilines is 2. The number of aromatic amines is 1. The molecule has 0 spiro atoms. The molecule has 1 aliphatic heterocycles. The second-order valence-corrected chi connectivity index (χ2v) is 8.24. The van der Waals surface area contributed by atoms with Crippen LogP contribution in [0.2, 0.25) is 0 Å². The number of methoxy groups -OCH3 is 1. The van der Waals surface area contributed by atoms with E-state index in [1.54, 1.807) is 19.4 Å². The molecular formula is C22H24FN7O2. The van der Waals surface area contributed by atoms with Gasteiger partial charge in [0.2, 0.25) is 5.91 Å². The summed E-state index contributed by atoms with van der Waals surface area (Å²) >= 11 is 0. The predicted molar refractivity (Wildman–Crippen MR) is 117 cm³/mol. The Morgan fingerprint density at radius 3 is 2.69 bits per heavy atom. The number of carbonyl (C=O) groups excluding carboxylic acids is 1. The Hall–Kier alpha value is -3.40. The summed E-state index contributed by atoms with van der Waals surface area (Å²) < 4.78 is 20.4. The summed E-state index contributed by atoms with van der Waals surface area (Å²) in [6.07, 6.45) is 6.94. The molecule has 0 atom stereocenters. The van der Waals surface area contributed by atoms with Crippen molar-refractivity contribution in [1.29, 1.82) is 0 Å². The third kappa shape index (κ3) is 3.70. The summed E-state index contributed by atoms with van der Waals surface area (Å²) in [6, 6.07) is 3.33. The number of hydrogen-bond acceptors (Lipinski definition) is 7. The van der Waals surface area contributed by atoms with Crippen LogP contribution in [-0.2, 0) is 9.53 Å². The number of nitrogens with one attached hydrogen (secondary N) is 2. The first-order valence-corrected chi connectivity index (χ1v) is 10.7. The predicted octanol–water partition coefficient (Wildman–Crippen LogP) is 3.09. The van der Waals surface area contributed by atoms with Gasteiger partial charge in [-0.1, -0.05) is 0 Å². The van der Waals surface area contributed by atoms with E-state index < -0.39 is 5.82 Å². The van der Waals surface area contributed by atoms with Gasteiger partial charge in [-0.25, -0.2) is 19.3 Å². The van der Waals surface area contributed by atoms with Gasteiger partial charge in [-0.3, -0.25) is 9.89 Å². The molecular weight excluding hydrogens is 413 g/mol. The van der Waals surface area contributed by atoms with Crippen molar-refractivity contribution in [3.8, 4) is 22.6 Å². The fourth-order valence-corrected chi connectivity index (χ4v) is 4.56. The van der Waals surface area contributed by atoms with Gasteiger partial charge in [0.1, 0.15) is 12.1 Å². The first kappa shape index (κ1) is 20.5. The minimum Gasteiger partial charge on any atom is -0.381 e. The third-order valence-electron chi connectivity index (χ3n) is 6.26. The number of nitrogens with zero attached hydrogens (tertiary/aromatic N) is 5. The van der Waals surface area contributed by atoms with E-state index in [2.05, 4.69) is 25.5 Å². The number of H-pyrrole nitrogens is 1. The fourth-order valence-electron chi connectivity index (χ4n) is 4.56. The topological polar surface area (TPSA) is 109 Å². The summed E-state index contributed by atoms with van der Waals surface area (Å²) in [5, 5.41) is 9.38. The van der Waals surface area contributed by atoms with Crippen LogP contribution in [0.4, 0.5) is 16.0 Å². The molecule has 1 aromatic carbocycles. The molecule has 0 radical (unpaired) electrons. The lowest BCUT2D eigenvalue weighted by Crippen LogP contribution is -2.47. The lowest BCUT2D eigenvalue weighted by atomic mass is 9.91. The summed E-state index contributed by atoms with van der Waals surface area (Å²) in [6.45, 7) is 2.11. The van der Waals surface area contributed by atoms with Crippen LogP contribution in [0, 0.1) is 12.7 Å². The maximum atomic E-state index is 14.9. The minimum absolute atomic E-state index is 0.105. The molecule has 0 bridgehead atoms. The number of aryl methyl sites for hydroxylation is 1. The molecule has 2 aromatic heterocycles. The van der Waals surface area contributed by atoms with Gasteiger partial charge in [0, 0.05) is 18.7 Å². The Morgan fingerprint density at radius 2 is 1.97 bits per heavy atom. The van der Waals surface area contributed by atoms with Crippen LogP contribution < -0.4 is 10.2 Å². The highest BCUT2D eigenvalue weighted by molar-refractivity contribution is 5.99. The van der Waals surface area contributed by atoms with E-state index in [4.69, 9.17) is 9.72 Å². The van der Waals surface area contributed by atoms with Crippen molar-refractivity contribution in [3.05, 3.63) is 36.0 Å². The van der Waals surface area contributed by atoms with E-state index in [1.807, 2.05) is 11.8 Å². The summed E-state index contributed by atoms with van der Waals surface area (Å²) in [7, 11) is 1.74. The standard InChI is InChI=1S/C22H24FN7O2/c1-12-7-16(20-25-11-26-29-20)17(23)8-15(12)18-9-24-21-22(27-18)30(10-19(31)28-21)13-3-5-14(32-2)6-4-13/h7-9,11,13-14H,3-6,10H2,1-2H3,(H,24,28,31)(H,25,26,29). The maximum absolute atomic E-state index is 14.9. The molecule has 9 nitrogen and oxygen atoms in total. The Bertz CT molecular complexity index is 1140. The zero-order chi connectivity index (χ0) is 22.2. The highest BCUT2D eigenvalue weighted by Crippen LogP contribution is 2.36. The molecule has 1 amide bonds. The van der Waals surface area contributed by atoms with Crippen molar-refractivity contribution in [2.24, 2.45) is 0 Å². The summed E-state index contributed by atoms with van der Waals surface area (Å²) in [5.74, 6) is 0.823. The number of amides is 1. The van der Waals surface area contributed by atoms with Crippen molar-refractivity contribution in [3.63, 3.8) is 0 Å². The fraction of sp³-hybridized carbons (Fsp3) is 0.409.